The van der Waals surface area contributed by atoms with Gasteiger partial charge in [-0.05, 0) is 25.1 Å². The minimum absolute atomic E-state index is 0.169. The fraction of sp³-hybridized carbons (Fsp3) is 0.286. The molecule has 1 N–H and O–H groups in total. The van der Waals surface area contributed by atoms with Crippen LogP contribution in [0.2, 0.25) is 0 Å². The third-order valence-corrected chi connectivity index (χ3v) is 3.46. The molecule has 20 heavy (non-hydrogen) atoms. The summed E-state index contributed by atoms with van der Waals surface area (Å²) in [6.07, 6.45) is 1.90. The summed E-state index contributed by atoms with van der Waals surface area (Å²) in [5.41, 5.74) is 2.42. The van der Waals surface area contributed by atoms with Gasteiger partial charge in [0.15, 0.2) is 0 Å². The first-order chi connectivity index (χ1) is 9.51. The summed E-state index contributed by atoms with van der Waals surface area (Å²) in [6, 6.07) is 5.31. The minimum atomic E-state index is -0.169. The number of nitrogens with one attached hydrogen (secondary N) is 1. The Morgan fingerprint density at radius 1 is 1.50 bits per heavy atom. The molecule has 0 aliphatic heterocycles. The van der Waals surface area contributed by atoms with Crippen LogP contribution in [-0.4, -0.2) is 22.8 Å². The number of aromatic nitrogens is 2. The molecule has 5 nitrogen and oxygen atoms in total. The van der Waals surface area contributed by atoms with E-state index in [0.717, 1.165) is 15.7 Å². The molecule has 106 valence electrons. The molecule has 1 amide bonds. The smallest absolute Gasteiger partial charge is 0.255 e. The zero-order valence-electron chi connectivity index (χ0n) is 11.6. The lowest BCUT2D eigenvalue weighted by Crippen LogP contribution is -2.23. The third-order valence-electron chi connectivity index (χ3n) is 2.96. The van der Waals surface area contributed by atoms with Crippen molar-refractivity contribution in [3.63, 3.8) is 0 Å². The van der Waals surface area contributed by atoms with E-state index in [0.29, 0.717) is 17.9 Å². The summed E-state index contributed by atoms with van der Waals surface area (Å²) >= 11 is 3.35. The summed E-state index contributed by atoms with van der Waals surface area (Å²) in [5.74, 6) is 0.373. The van der Waals surface area contributed by atoms with E-state index in [4.69, 9.17) is 4.74 Å². The topological polar surface area (TPSA) is 56.1 Å². The Morgan fingerprint density at radius 3 is 2.85 bits per heavy atom. The molecule has 1 aromatic carbocycles. The number of benzene rings is 1. The van der Waals surface area contributed by atoms with Gasteiger partial charge in [-0.15, -0.1) is 0 Å². The second kappa shape index (κ2) is 6.09. The molecule has 1 aromatic heterocycles. The molecule has 0 bridgehead atoms. The molecule has 0 spiro atoms. The van der Waals surface area contributed by atoms with Crippen molar-refractivity contribution in [3.05, 3.63) is 45.7 Å². The molecule has 0 unspecified atom stereocenters. The number of ether oxygens (including phenoxy) is 1. The van der Waals surface area contributed by atoms with Gasteiger partial charge in [0.25, 0.3) is 5.91 Å². The van der Waals surface area contributed by atoms with Crippen LogP contribution in [0.1, 0.15) is 21.6 Å². The Balaban J connectivity index is 2.11. The van der Waals surface area contributed by atoms with E-state index in [2.05, 4.69) is 26.3 Å². The number of hydrogen-bond donors (Lipinski definition) is 1. The first-order valence-corrected chi connectivity index (χ1v) is 6.91. The van der Waals surface area contributed by atoms with Gasteiger partial charge < -0.3 is 10.1 Å². The SMILES string of the molecule is COc1cc(Br)ccc1C(=O)NCc1cn(C)nc1C. The maximum Gasteiger partial charge on any atom is 0.255 e. The number of carbonyl (C=O) groups is 1. The molecule has 0 aliphatic carbocycles. The third kappa shape index (κ3) is 3.19. The quantitative estimate of drug-likeness (QED) is 0.932. The number of nitrogens with zero attached hydrogens (tertiary/aromatic N) is 2. The molecule has 2 rings (SSSR count). The van der Waals surface area contributed by atoms with E-state index in [1.54, 1.807) is 23.9 Å². The molecule has 0 saturated heterocycles. The lowest BCUT2D eigenvalue weighted by Gasteiger charge is -2.09. The number of amides is 1. The fourth-order valence-corrected chi connectivity index (χ4v) is 2.29. The maximum absolute atomic E-state index is 12.2. The van der Waals surface area contributed by atoms with Gasteiger partial charge in [0.05, 0.1) is 18.4 Å². The van der Waals surface area contributed by atoms with Crippen molar-refractivity contribution < 1.29 is 9.53 Å². The van der Waals surface area contributed by atoms with Crippen LogP contribution in [0.25, 0.3) is 0 Å². The molecular formula is C14H16BrN3O2. The zero-order valence-corrected chi connectivity index (χ0v) is 13.2. The van der Waals surface area contributed by atoms with Gasteiger partial charge >= 0.3 is 0 Å². The van der Waals surface area contributed by atoms with Gasteiger partial charge in [-0.1, -0.05) is 15.9 Å². The van der Waals surface area contributed by atoms with Crippen LogP contribution in [-0.2, 0) is 13.6 Å². The highest BCUT2D eigenvalue weighted by atomic mass is 79.9. The van der Waals surface area contributed by atoms with Gasteiger partial charge in [-0.25, -0.2) is 0 Å². The molecular weight excluding hydrogens is 322 g/mol. The molecule has 0 saturated carbocycles. The monoisotopic (exact) mass is 337 g/mol. The molecule has 0 aliphatic rings. The Morgan fingerprint density at radius 2 is 2.25 bits per heavy atom. The van der Waals surface area contributed by atoms with Crippen molar-refractivity contribution in [2.24, 2.45) is 7.05 Å². The fourth-order valence-electron chi connectivity index (χ4n) is 1.95. The van der Waals surface area contributed by atoms with Crippen molar-refractivity contribution in [2.75, 3.05) is 7.11 Å². The Bertz CT molecular complexity index is 637. The van der Waals surface area contributed by atoms with Crippen molar-refractivity contribution in [3.8, 4) is 5.75 Å². The Hall–Kier alpha value is -1.82. The second-order valence-electron chi connectivity index (χ2n) is 4.44. The van der Waals surface area contributed by atoms with Crippen LogP contribution in [0.4, 0.5) is 0 Å². The predicted molar refractivity (Wildman–Crippen MR) is 79.8 cm³/mol. The second-order valence-corrected chi connectivity index (χ2v) is 5.36. The maximum atomic E-state index is 12.2. The summed E-state index contributed by atoms with van der Waals surface area (Å²) < 4.78 is 7.82. The zero-order chi connectivity index (χ0) is 14.7. The number of halogens is 1. The lowest BCUT2D eigenvalue weighted by molar-refractivity contribution is 0.0948. The van der Waals surface area contributed by atoms with Gasteiger partial charge in [-0.2, -0.15) is 5.10 Å². The molecule has 2 aromatic rings. The van der Waals surface area contributed by atoms with Crippen molar-refractivity contribution >= 4 is 21.8 Å². The number of carbonyl (C=O) groups excluding carboxylic acids is 1. The van der Waals surface area contributed by atoms with Crippen LogP contribution in [0.5, 0.6) is 5.75 Å². The normalized spacial score (nSPS) is 10.4. The highest BCUT2D eigenvalue weighted by molar-refractivity contribution is 9.10. The van der Waals surface area contributed by atoms with Crippen molar-refractivity contribution in [2.45, 2.75) is 13.5 Å². The van der Waals surface area contributed by atoms with E-state index in [1.807, 2.05) is 26.2 Å². The number of aryl methyl sites for hydroxylation is 2. The van der Waals surface area contributed by atoms with E-state index in [1.165, 1.54) is 0 Å². The molecule has 0 atom stereocenters. The Labute approximate surface area is 126 Å². The predicted octanol–water partition coefficient (Wildman–Crippen LogP) is 2.43. The number of methoxy groups -OCH3 is 1. The van der Waals surface area contributed by atoms with Crippen molar-refractivity contribution in [1.29, 1.82) is 0 Å². The summed E-state index contributed by atoms with van der Waals surface area (Å²) in [4.78, 5) is 12.2. The lowest BCUT2D eigenvalue weighted by atomic mass is 10.2. The molecule has 1 heterocycles. The summed E-state index contributed by atoms with van der Waals surface area (Å²) in [7, 11) is 3.40. The highest BCUT2D eigenvalue weighted by Crippen LogP contribution is 2.23. The van der Waals surface area contributed by atoms with Crippen LogP contribution >= 0.6 is 15.9 Å². The van der Waals surface area contributed by atoms with Crippen molar-refractivity contribution in [1.82, 2.24) is 15.1 Å². The van der Waals surface area contributed by atoms with Crippen LogP contribution in [0.15, 0.2) is 28.9 Å². The van der Waals surface area contributed by atoms with Gasteiger partial charge in [0, 0.05) is 29.8 Å². The minimum Gasteiger partial charge on any atom is -0.496 e. The van der Waals surface area contributed by atoms with Crippen LogP contribution in [0.3, 0.4) is 0 Å². The van der Waals surface area contributed by atoms with Crippen LogP contribution in [0, 0.1) is 6.92 Å². The first-order valence-electron chi connectivity index (χ1n) is 6.12. The number of rotatable bonds is 4. The van der Waals surface area contributed by atoms with Gasteiger partial charge in [0.1, 0.15) is 5.75 Å². The Kier molecular flexibility index (Phi) is 4.44. The first kappa shape index (κ1) is 14.6. The van der Waals surface area contributed by atoms with E-state index in [-0.39, 0.29) is 5.91 Å². The van der Waals surface area contributed by atoms with Gasteiger partial charge in [0.2, 0.25) is 0 Å². The highest BCUT2D eigenvalue weighted by Gasteiger charge is 2.13. The molecule has 6 heteroatoms. The van der Waals surface area contributed by atoms with E-state index >= 15 is 0 Å². The number of hydrogen-bond acceptors (Lipinski definition) is 3. The average Bonchev–Trinajstić information content (AvgIpc) is 2.74. The van der Waals surface area contributed by atoms with E-state index < -0.39 is 0 Å². The van der Waals surface area contributed by atoms with Crippen LogP contribution < -0.4 is 10.1 Å². The standard InChI is InChI=1S/C14H16BrN3O2/c1-9-10(8-18(2)17-9)7-16-14(19)12-5-4-11(15)6-13(12)20-3/h4-6,8H,7H2,1-3H3,(H,16,19). The average molecular weight is 338 g/mol. The molecule has 0 radical (unpaired) electrons. The largest absolute Gasteiger partial charge is 0.496 e. The summed E-state index contributed by atoms with van der Waals surface area (Å²) in [6.45, 7) is 2.36. The van der Waals surface area contributed by atoms with E-state index in [9.17, 15) is 4.79 Å². The summed E-state index contributed by atoms with van der Waals surface area (Å²) in [5, 5.41) is 7.12. The molecule has 0 fully saturated rings. The van der Waals surface area contributed by atoms with Gasteiger partial charge in [-0.3, -0.25) is 9.48 Å².